The maximum atomic E-state index is 12.2. The third-order valence-corrected chi connectivity index (χ3v) is 4.65. The van der Waals surface area contributed by atoms with E-state index in [1.165, 1.54) is 0 Å². The van der Waals surface area contributed by atoms with E-state index >= 15 is 0 Å². The highest BCUT2D eigenvalue weighted by molar-refractivity contribution is 6.04. The summed E-state index contributed by atoms with van der Waals surface area (Å²) in [6.07, 6.45) is 2.82. The molecule has 2 N–H and O–H groups in total. The van der Waals surface area contributed by atoms with Crippen LogP contribution in [-0.4, -0.2) is 16.9 Å². The van der Waals surface area contributed by atoms with E-state index in [9.17, 15) is 9.59 Å². The lowest BCUT2D eigenvalue weighted by Gasteiger charge is -2.07. The van der Waals surface area contributed by atoms with Crippen molar-refractivity contribution in [1.82, 2.24) is 4.98 Å². The van der Waals surface area contributed by atoms with Crippen LogP contribution in [0.5, 0.6) is 5.75 Å². The molecular formula is C24H20N2O3. The van der Waals surface area contributed by atoms with Gasteiger partial charge in [-0.05, 0) is 54.4 Å². The molecule has 3 aromatic carbocycles. The van der Waals surface area contributed by atoms with Gasteiger partial charge in [0.25, 0.3) is 5.91 Å². The van der Waals surface area contributed by atoms with Crippen molar-refractivity contribution < 1.29 is 14.3 Å². The summed E-state index contributed by atoms with van der Waals surface area (Å²) in [6, 6.07) is 23.8. The number of ether oxygens (including phenoxy) is 1. The Morgan fingerprint density at radius 1 is 0.862 bits per heavy atom. The number of fused-ring (bicyclic) bond motifs is 1. The fourth-order valence-electron chi connectivity index (χ4n) is 3.16. The van der Waals surface area contributed by atoms with E-state index < -0.39 is 0 Å². The van der Waals surface area contributed by atoms with Gasteiger partial charge in [0.15, 0.2) is 0 Å². The lowest BCUT2D eigenvalue weighted by molar-refractivity contribution is -0.134. The molecule has 0 spiro atoms. The molecular weight excluding hydrogens is 364 g/mol. The summed E-state index contributed by atoms with van der Waals surface area (Å²) < 4.78 is 5.41. The lowest BCUT2D eigenvalue weighted by Crippen LogP contribution is -2.12. The van der Waals surface area contributed by atoms with Gasteiger partial charge in [-0.2, -0.15) is 0 Å². The molecule has 0 radical (unpaired) electrons. The van der Waals surface area contributed by atoms with Gasteiger partial charge in [0.1, 0.15) is 5.75 Å². The Balaban J connectivity index is 1.31. The quantitative estimate of drug-likeness (QED) is 0.365. The fraction of sp³-hybridized carbons (Fsp3) is 0.0833. The van der Waals surface area contributed by atoms with E-state index in [0.717, 1.165) is 16.5 Å². The van der Waals surface area contributed by atoms with Crippen LogP contribution in [0.4, 0.5) is 5.69 Å². The first-order valence-corrected chi connectivity index (χ1v) is 9.41. The van der Waals surface area contributed by atoms with Crippen molar-refractivity contribution in [2.45, 2.75) is 12.8 Å². The summed E-state index contributed by atoms with van der Waals surface area (Å²) >= 11 is 0. The van der Waals surface area contributed by atoms with E-state index in [0.29, 0.717) is 23.4 Å². The SMILES string of the molecule is O=C(CCc1c[nH]c2ccccc12)Oc1ccc(NC(=O)c2ccccc2)cc1. The maximum absolute atomic E-state index is 12.2. The van der Waals surface area contributed by atoms with E-state index in [1.807, 2.05) is 48.7 Å². The van der Waals surface area contributed by atoms with E-state index in [-0.39, 0.29) is 18.3 Å². The Morgan fingerprint density at radius 2 is 1.59 bits per heavy atom. The zero-order chi connectivity index (χ0) is 20.1. The smallest absolute Gasteiger partial charge is 0.311 e. The van der Waals surface area contributed by atoms with Gasteiger partial charge >= 0.3 is 5.97 Å². The number of H-pyrrole nitrogens is 1. The van der Waals surface area contributed by atoms with E-state index in [4.69, 9.17) is 4.74 Å². The normalized spacial score (nSPS) is 10.6. The Morgan fingerprint density at radius 3 is 2.38 bits per heavy atom. The highest BCUT2D eigenvalue weighted by Crippen LogP contribution is 2.20. The van der Waals surface area contributed by atoms with E-state index in [1.54, 1.807) is 36.4 Å². The molecule has 0 aliphatic carbocycles. The third kappa shape index (κ3) is 4.52. The molecule has 0 atom stereocenters. The van der Waals surface area contributed by atoms with Crippen molar-refractivity contribution in [2.24, 2.45) is 0 Å². The molecule has 4 aromatic rings. The number of para-hydroxylation sites is 1. The molecule has 1 aromatic heterocycles. The standard InChI is InChI=1S/C24H20N2O3/c27-23(15-10-18-16-25-22-9-5-4-8-21(18)22)29-20-13-11-19(12-14-20)26-24(28)17-6-2-1-3-7-17/h1-9,11-14,16,25H,10,15H2,(H,26,28). The van der Waals surface area contributed by atoms with Crippen LogP contribution >= 0.6 is 0 Å². The summed E-state index contributed by atoms with van der Waals surface area (Å²) in [5.41, 5.74) is 3.37. The number of carbonyl (C=O) groups excluding carboxylic acids is 2. The number of aryl methyl sites for hydroxylation is 1. The minimum absolute atomic E-state index is 0.186. The number of aromatic amines is 1. The monoisotopic (exact) mass is 384 g/mol. The number of aromatic nitrogens is 1. The molecule has 0 saturated carbocycles. The highest BCUT2D eigenvalue weighted by atomic mass is 16.5. The van der Waals surface area contributed by atoms with Crippen molar-refractivity contribution >= 4 is 28.5 Å². The number of carbonyl (C=O) groups is 2. The van der Waals surface area contributed by atoms with Gasteiger partial charge in [-0.1, -0.05) is 36.4 Å². The van der Waals surface area contributed by atoms with Gasteiger partial charge in [0.2, 0.25) is 0 Å². The second-order valence-corrected chi connectivity index (χ2v) is 6.68. The van der Waals surface area contributed by atoms with Gasteiger partial charge in [0.05, 0.1) is 6.42 Å². The molecule has 0 fully saturated rings. The minimum atomic E-state index is -0.295. The highest BCUT2D eigenvalue weighted by Gasteiger charge is 2.10. The number of rotatable bonds is 6. The average molecular weight is 384 g/mol. The summed E-state index contributed by atoms with van der Waals surface area (Å²) in [5, 5.41) is 3.94. The van der Waals surface area contributed by atoms with Gasteiger partial charge in [-0.25, -0.2) is 0 Å². The predicted octanol–water partition coefficient (Wildman–Crippen LogP) is 4.96. The first-order chi connectivity index (χ1) is 14.2. The van der Waals surface area contributed by atoms with Crippen molar-refractivity contribution in [3.63, 3.8) is 0 Å². The average Bonchev–Trinajstić information content (AvgIpc) is 3.17. The van der Waals surface area contributed by atoms with Crippen LogP contribution in [0.2, 0.25) is 0 Å². The Labute approximate surface area is 168 Å². The van der Waals surface area contributed by atoms with Crippen molar-refractivity contribution in [2.75, 3.05) is 5.32 Å². The molecule has 0 saturated heterocycles. The zero-order valence-corrected chi connectivity index (χ0v) is 15.7. The fourth-order valence-corrected chi connectivity index (χ4v) is 3.16. The molecule has 0 bridgehead atoms. The molecule has 0 aliphatic rings. The van der Waals surface area contributed by atoms with Crippen LogP contribution in [0.15, 0.2) is 85.1 Å². The Hall–Kier alpha value is -3.86. The van der Waals surface area contributed by atoms with Gasteiger partial charge in [-0.3, -0.25) is 9.59 Å². The van der Waals surface area contributed by atoms with Crippen LogP contribution in [-0.2, 0) is 11.2 Å². The van der Waals surface area contributed by atoms with E-state index in [2.05, 4.69) is 10.3 Å². The maximum Gasteiger partial charge on any atom is 0.311 e. The van der Waals surface area contributed by atoms with Gasteiger partial charge < -0.3 is 15.0 Å². The van der Waals surface area contributed by atoms with Crippen LogP contribution in [0, 0.1) is 0 Å². The summed E-state index contributed by atoms with van der Waals surface area (Å²) in [7, 11) is 0. The lowest BCUT2D eigenvalue weighted by atomic mass is 10.1. The number of hydrogen-bond donors (Lipinski definition) is 2. The second-order valence-electron chi connectivity index (χ2n) is 6.68. The summed E-state index contributed by atoms with van der Waals surface area (Å²) in [5.74, 6) is -0.0305. The van der Waals surface area contributed by atoms with Crippen molar-refractivity contribution in [3.05, 3.63) is 96.2 Å². The summed E-state index contributed by atoms with van der Waals surface area (Å²) in [4.78, 5) is 27.6. The first kappa shape index (κ1) is 18.5. The van der Waals surface area contributed by atoms with Gasteiger partial charge in [0, 0.05) is 28.4 Å². The topological polar surface area (TPSA) is 71.2 Å². The second kappa shape index (κ2) is 8.44. The van der Waals surface area contributed by atoms with Crippen LogP contribution in [0.3, 0.4) is 0 Å². The number of amides is 1. The van der Waals surface area contributed by atoms with Crippen LogP contribution in [0.25, 0.3) is 10.9 Å². The number of anilines is 1. The molecule has 1 heterocycles. The first-order valence-electron chi connectivity index (χ1n) is 9.41. The third-order valence-electron chi connectivity index (χ3n) is 4.65. The molecule has 5 heteroatoms. The van der Waals surface area contributed by atoms with Crippen molar-refractivity contribution in [3.8, 4) is 5.75 Å². The predicted molar refractivity (Wildman–Crippen MR) is 113 cm³/mol. The molecule has 0 aliphatic heterocycles. The number of hydrogen-bond acceptors (Lipinski definition) is 3. The number of nitrogens with one attached hydrogen (secondary N) is 2. The van der Waals surface area contributed by atoms with Crippen LogP contribution < -0.4 is 10.1 Å². The summed E-state index contributed by atoms with van der Waals surface area (Å²) in [6.45, 7) is 0. The Bertz CT molecular complexity index is 1130. The van der Waals surface area contributed by atoms with Gasteiger partial charge in [-0.15, -0.1) is 0 Å². The molecule has 4 rings (SSSR count). The molecule has 144 valence electrons. The molecule has 5 nitrogen and oxygen atoms in total. The molecule has 1 amide bonds. The molecule has 29 heavy (non-hydrogen) atoms. The Kier molecular flexibility index (Phi) is 5.38. The van der Waals surface area contributed by atoms with Crippen LogP contribution in [0.1, 0.15) is 22.3 Å². The van der Waals surface area contributed by atoms with Crippen molar-refractivity contribution in [1.29, 1.82) is 0 Å². The minimum Gasteiger partial charge on any atom is -0.427 e. The zero-order valence-electron chi connectivity index (χ0n) is 15.7. The number of esters is 1. The molecule has 0 unspecified atom stereocenters. The number of benzene rings is 3. The largest absolute Gasteiger partial charge is 0.427 e.